The maximum Gasteiger partial charge on any atom is 0.346 e. The number of hydrogen-bond donors (Lipinski definition) is 0. The topological polar surface area (TPSA) is 83.7 Å². The lowest BCUT2D eigenvalue weighted by atomic mass is 10.2. The van der Waals surface area contributed by atoms with Crippen LogP contribution in [0.3, 0.4) is 0 Å². The summed E-state index contributed by atoms with van der Waals surface area (Å²) in [6.07, 6.45) is 4.77. The average Bonchev–Trinajstić information content (AvgIpc) is 2.93. The zero-order valence-electron chi connectivity index (χ0n) is 17.8. The number of fused-ring (bicyclic) bond motifs is 1. The van der Waals surface area contributed by atoms with Crippen molar-refractivity contribution in [2.24, 2.45) is 0 Å². The number of hydrogen-bond acceptors (Lipinski definition) is 5. The molecule has 0 aromatic carbocycles. The second-order valence-corrected chi connectivity index (χ2v) is 7.90. The van der Waals surface area contributed by atoms with Crippen LogP contribution in [-0.4, -0.2) is 86.7 Å². The van der Waals surface area contributed by atoms with Gasteiger partial charge in [-0.3, -0.25) is 19.1 Å². The molecule has 2 aliphatic heterocycles. The molecule has 2 amide bonds. The summed E-state index contributed by atoms with van der Waals surface area (Å²) in [5.41, 5.74) is -0.170. The molecule has 9 heteroatoms. The Labute approximate surface area is 172 Å². The quantitative estimate of drug-likeness (QED) is 0.673. The van der Waals surface area contributed by atoms with Crippen LogP contribution >= 0.6 is 0 Å². The molecule has 0 bridgehead atoms. The van der Waals surface area contributed by atoms with Crippen molar-refractivity contribution in [2.45, 2.75) is 59.0 Å². The van der Waals surface area contributed by atoms with E-state index in [1.54, 1.807) is 9.47 Å². The van der Waals surface area contributed by atoms with E-state index >= 15 is 0 Å². The van der Waals surface area contributed by atoms with Crippen LogP contribution in [0.25, 0.3) is 0 Å². The van der Waals surface area contributed by atoms with E-state index in [-0.39, 0.29) is 24.0 Å². The van der Waals surface area contributed by atoms with Gasteiger partial charge in [-0.1, -0.05) is 6.42 Å². The van der Waals surface area contributed by atoms with Crippen molar-refractivity contribution in [3.63, 3.8) is 0 Å². The predicted octanol–water partition coefficient (Wildman–Crippen LogP) is 0.174. The fourth-order valence-electron chi connectivity index (χ4n) is 4.20. The third-order valence-corrected chi connectivity index (χ3v) is 5.98. The first kappa shape index (κ1) is 21.5. The Morgan fingerprint density at radius 3 is 2.48 bits per heavy atom. The fraction of sp³-hybridized carbons (Fsp3) is 0.800. The molecule has 0 aliphatic carbocycles. The van der Waals surface area contributed by atoms with Crippen LogP contribution in [0.1, 0.15) is 45.4 Å². The van der Waals surface area contributed by atoms with Crippen molar-refractivity contribution < 1.29 is 9.59 Å². The molecule has 3 heterocycles. The van der Waals surface area contributed by atoms with Crippen molar-refractivity contribution in [3.05, 3.63) is 16.3 Å². The molecule has 0 N–H and O–H groups in total. The Morgan fingerprint density at radius 2 is 1.72 bits per heavy atom. The van der Waals surface area contributed by atoms with Crippen LogP contribution in [0.2, 0.25) is 0 Å². The number of likely N-dealkylation sites (N-methyl/N-ethyl adjacent to an activating group) is 1. The number of aromatic nitrogens is 3. The molecular formula is C20H34N6O3. The monoisotopic (exact) mass is 406 g/mol. The Balaban J connectivity index is 1.56. The highest BCUT2D eigenvalue weighted by Crippen LogP contribution is 2.11. The molecule has 0 radical (unpaired) electrons. The molecule has 0 unspecified atom stereocenters. The van der Waals surface area contributed by atoms with E-state index in [2.05, 4.69) is 10.00 Å². The SMILES string of the molecule is CCN(CC)C(=O)CN1CCCN(C(=O)Cn2nc3n(c2=O)CCCCC3)CC1. The van der Waals surface area contributed by atoms with E-state index in [1.165, 1.54) is 4.68 Å². The van der Waals surface area contributed by atoms with Gasteiger partial charge in [-0.25, -0.2) is 9.48 Å². The van der Waals surface area contributed by atoms with Crippen LogP contribution in [0, 0.1) is 0 Å². The number of rotatable bonds is 6. The van der Waals surface area contributed by atoms with Gasteiger partial charge in [0.1, 0.15) is 12.4 Å². The van der Waals surface area contributed by atoms with Gasteiger partial charge in [0.2, 0.25) is 11.8 Å². The summed E-state index contributed by atoms with van der Waals surface area (Å²) in [6, 6.07) is 0. The molecular weight excluding hydrogens is 372 g/mol. The minimum Gasteiger partial charge on any atom is -0.342 e. The summed E-state index contributed by atoms with van der Waals surface area (Å²) in [5, 5.41) is 4.42. The summed E-state index contributed by atoms with van der Waals surface area (Å²) >= 11 is 0. The average molecular weight is 407 g/mol. The third kappa shape index (κ3) is 5.26. The summed E-state index contributed by atoms with van der Waals surface area (Å²) < 4.78 is 3.05. The van der Waals surface area contributed by atoms with Crippen LogP contribution in [0.4, 0.5) is 0 Å². The van der Waals surface area contributed by atoms with Gasteiger partial charge >= 0.3 is 5.69 Å². The predicted molar refractivity (Wildman–Crippen MR) is 110 cm³/mol. The molecule has 9 nitrogen and oxygen atoms in total. The standard InChI is InChI=1S/C20H34N6O3/c1-3-23(4-2)18(27)15-22-10-8-11-24(14-13-22)19(28)16-26-20(29)25-12-7-5-6-9-17(25)21-26/h3-16H2,1-2H3. The number of carbonyl (C=O) groups excluding carboxylic acids is 2. The maximum absolute atomic E-state index is 12.8. The molecule has 1 aromatic rings. The molecule has 0 atom stereocenters. The van der Waals surface area contributed by atoms with Crippen molar-refractivity contribution in [1.82, 2.24) is 29.0 Å². The fourth-order valence-corrected chi connectivity index (χ4v) is 4.20. The van der Waals surface area contributed by atoms with Crippen molar-refractivity contribution in [2.75, 3.05) is 45.8 Å². The highest BCUT2D eigenvalue weighted by atomic mass is 16.2. The lowest BCUT2D eigenvalue weighted by molar-refractivity contribution is -0.132. The molecule has 0 saturated carbocycles. The minimum absolute atomic E-state index is 0.00277. The third-order valence-electron chi connectivity index (χ3n) is 5.98. The number of nitrogens with zero attached hydrogens (tertiary/aromatic N) is 6. The number of carbonyl (C=O) groups is 2. The van der Waals surface area contributed by atoms with Gasteiger partial charge in [0, 0.05) is 52.2 Å². The van der Waals surface area contributed by atoms with E-state index in [0.29, 0.717) is 32.7 Å². The van der Waals surface area contributed by atoms with Crippen molar-refractivity contribution in [1.29, 1.82) is 0 Å². The van der Waals surface area contributed by atoms with Gasteiger partial charge in [-0.2, -0.15) is 5.10 Å². The van der Waals surface area contributed by atoms with Gasteiger partial charge in [-0.05, 0) is 33.1 Å². The summed E-state index contributed by atoms with van der Waals surface area (Å²) in [6.45, 7) is 9.21. The summed E-state index contributed by atoms with van der Waals surface area (Å²) in [5.74, 6) is 0.871. The molecule has 162 valence electrons. The first-order valence-corrected chi connectivity index (χ1v) is 11.0. The van der Waals surface area contributed by atoms with Gasteiger partial charge in [0.25, 0.3) is 0 Å². The van der Waals surface area contributed by atoms with Crippen molar-refractivity contribution in [3.8, 4) is 0 Å². The van der Waals surface area contributed by atoms with Crippen LogP contribution < -0.4 is 5.69 Å². The summed E-state index contributed by atoms with van der Waals surface area (Å²) in [4.78, 5) is 43.5. The van der Waals surface area contributed by atoms with Gasteiger partial charge in [0.05, 0.1) is 6.54 Å². The van der Waals surface area contributed by atoms with Gasteiger partial charge < -0.3 is 9.80 Å². The molecule has 3 rings (SSSR count). The molecule has 0 spiro atoms. The normalized spacial score (nSPS) is 18.1. The Hall–Kier alpha value is -2.16. The lowest BCUT2D eigenvalue weighted by Crippen LogP contribution is -2.42. The molecule has 1 fully saturated rings. The molecule has 1 saturated heterocycles. The van der Waals surface area contributed by atoms with E-state index in [9.17, 15) is 14.4 Å². The van der Waals surface area contributed by atoms with E-state index in [0.717, 1.165) is 57.6 Å². The molecule has 2 aliphatic rings. The maximum atomic E-state index is 12.8. The Kier molecular flexibility index (Phi) is 7.46. The zero-order chi connectivity index (χ0) is 20.8. The summed E-state index contributed by atoms with van der Waals surface area (Å²) in [7, 11) is 0. The highest BCUT2D eigenvalue weighted by Gasteiger charge is 2.24. The van der Waals surface area contributed by atoms with Crippen LogP contribution in [-0.2, 0) is 29.1 Å². The molecule has 29 heavy (non-hydrogen) atoms. The lowest BCUT2D eigenvalue weighted by Gasteiger charge is -2.25. The Bertz CT molecular complexity index is 767. The number of aryl methyl sites for hydroxylation is 1. The van der Waals surface area contributed by atoms with Gasteiger partial charge in [-0.15, -0.1) is 0 Å². The van der Waals surface area contributed by atoms with Crippen molar-refractivity contribution >= 4 is 11.8 Å². The smallest absolute Gasteiger partial charge is 0.342 e. The first-order chi connectivity index (χ1) is 14.0. The largest absolute Gasteiger partial charge is 0.346 e. The van der Waals surface area contributed by atoms with Crippen LogP contribution in [0.5, 0.6) is 0 Å². The Morgan fingerprint density at radius 1 is 0.931 bits per heavy atom. The number of amides is 2. The second kappa shape index (κ2) is 10.0. The highest BCUT2D eigenvalue weighted by molar-refractivity contribution is 5.78. The molecule has 1 aromatic heterocycles. The van der Waals surface area contributed by atoms with E-state index < -0.39 is 0 Å². The second-order valence-electron chi connectivity index (χ2n) is 7.90. The zero-order valence-corrected chi connectivity index (χ0v) is 17.8. The minimum atomic E-state index is -0.170. The van der Waals surface area contributed by atoms with E-state index in [4.69, 9.17) is 0 Å². The van der Waals surface area contributed by atoms with Crippen LogP contribution in [0.15, 0.2) is 4.79 Å². The first-order valence-electron chi connectivity index (χ1n) is 11.0. The van der Waals surface area contributed by atoms with Gasteiger partial charge in [0.15, 0.2) is 0 Å². The van der Waals surface area contributed by atoms with E-state index in [1.807, 2.05) is 18.7 Å².